The van der Waals surface area contributed by atoms with Crippen LogP contribution in [-0.2, 0) is 19.4 Å². The largest absolute Gasteiger partial charge is 0.378 e. The maximum Gasteiger partial charge on any atom is 0.125 e. The van der Waals surface area contributed by atoms with Gasteiger partial charge in [-0.25, -0.2) is 4.98 Å². The van der Waals surface area contributed by atoms with E-state index in [1.165, 1.54) is 42.5 Å². The lowest BCUT2D eigenvalue weighted by atomic mass is 9.91. The van der Waals surface area contributed by atoms with E-state index < -0.39 is 0 Å². The molecule has 3 rings (SSSR count). The van der Waals surface area contributed by atoms with Crippen LogP contribution in [-0.4, -0.2) is 9.97 Å². The van der Waals surface area contributed by atoms with Crippen molar-refractivity contribution in [1.29, 1.82) is 0 Å². The van der Waals surface area contributed by atoms with Gasteiger partial charge in [0.05, 0.1) is 6.54 Å². The Morgan fingerprint density at radius 1 is 1.18 bits per heavy atom. The van der Waals surface area contributed by atoms with E-state index in [0.29, 0.717) is 0 Å². The van der Waals surface area contributed by atoms with E-state index in [4.69, 9.17) is 0 Å². The van der Waals surface area contributed by atoms with Crippen molar-refractivity contribution in [2.24, 2.45) is 0 Å². The minimum absolute atomic E-state index is 0.756. The van der Waals surface area contributed by atoms with Gasteiger partial charge in [0.25, 0.3) is 0 Å². The molecule has 3 heteroatoms. The van der Waals surface area contributed by atoms with Gasteiger partial charge in [-0.05, 0) is 48.9 Å². The first-order valence-corrected chi connectivity index (χ1v) is 6.26. The standard InChI is InChI=1S/C14H17N3/c1-2-4-12-9-13(6-5-11(12)3-1)17-10-14-15-7-8-16-14/h5-9,17H,1-4,10H2,(H,15,16). The second-order valence-corrected chi connectivity index (χ2v) is 4.58. The van der Waals surface area contributed by atoms with Gasteiger partial charge in [-0.2, -0.15) is 0 Å². The van der Waals surface area contributed by atoms with Gasteiger partial charge in [-0.15, -0.1) is 0 Å². The summed E-state index contributed by atoms with van der Waals surface area (Å²) in [5.74, 6) is 0.975. The lowest BCUT2D eigenvalue weighted by molar-refractivity contribution is 0.686. The average molecular weight is 227 g/mol. The molecule has 0 aliphatic heterocycles. The maximum absolute atomic E-state index is 4.20. The van der Waals surface area contributed by atoms with Gasteiger partial charge in [0.2, 0.25) is 0 Å². The molecule has 0 unspecified atom stereocenters. The Balaban J connectivity index is 1.71. The van der Waals surface area contributed by atoms with Crippen molar-refractivity contribution in [2.75, 3.05) is 5.32 Å². The zero-order valence-corrected chi connectivity index (χ0v) is 9.87. The summed E-state index contributed by atoms with van der Waals surface area (Å²) in [6, 6.07) is 6.73. The Morgan fingerprint density at radius 2 is 2.06 bits per heavy atom. The quantitative estimate of drug-likeness (QED) is 0.846. The monoisotopic (exact) mass is 227 g/mol. The molecule has 0 fully saturated rings. The Morgan fingerprint density at radius 3 is 2.88 bits per heavy atom. The molecule has 0 saturated carbocycles. The predicted octanol–water partition coefficient (Wildman–Crippen LogP) is 2.90. The number of fused-ring (bicyclic) bond motifs is 1. The second kappa shape index (κ2) is 4.62. The summed E-state index contributed by atoms with van der Waals surface area (Å²) in [5, 5.41) is 3.40. The molecule has 0 amide bonds. The highest BCUT2D eigenvalue weighted by Crippen LogP contribution is 2.24. The van der Waals surface area contributed by atoms with Gasteiger partial charge in [0, 0.05) is 18.1 Å². The van der Waals surface area contributed by atoms with Gasteiger partial charge in [0.15, 0.2) is 0 Å². The molecule has 0 saturated heterocycles. The molecular formula is C14H17N3. The Kier molecular flexibility index (Phi) is 2.82. The van der Waals surface area contributed by atoms with E-state index in [2.05, 4.69) is 33.5 Å². The molecule has 0 bridgehead atoms. The minimum atomic E-state index is 0.756. The maximum atomic E-state index is 4.20. The van der Waals surface area contributed by atoms with E-state index in [1.807, 2.05) is 6.20 Å². The molecule has 3 nitrogen and oxygen atoms in total. The SMILES string of the molecule is c1c[nH]c(CNc2ccc3c(c2)CCCC3)n1. The number of hydrogen-bond donors (Lipinski definition) is 2. The minimum Gasteiger partial charge on any atom is -0.378 e. The van der Waals surface area contributed by atoms with Gasteiger partial charge in [0.1, 0.15) is 5.82 Å². The summed E-state index contributed by atoms with van der Waals surface area (Å²) in [7, 11) is 0. The van der Waals surface area contributed by atoms with Crippen molar-refractivity contribution in [3.63, 3.8) is 0 Å². The van der Waals surface area contributed by atoms with E-state index in [0.717, 1.165) is 12.4 Å². The van der Waals surface area contributed by atoms with Crippen molar-refractivity contribution in [2.45, 2.75) is 32.2 Å². The first-order chi connectivity index (χ1) is 8.42. The molecule has 1 aromatic carbocycles. The van der Waals surface area contributed by atoms with Crippen LogP contribution in [0.4, 0.5) is 5.69 Å². The number of aromatic nitrogens is 2. The Labute approximate surface area is 101 Å². The zero-order valence-electron chi connectivity index (χ0n) is 9.87. The van der Waals surface area contributed by atoms with Gasteiger partial charge >= 0.3 is 0 Å². The topological polar surface area (TPSA) is 40.7 Å². The third kappa shape index (κ3) is 2.33. The van der Waals surface area contributed by atoms with Crippen molar-refractivity contribution >= 4 is 5.69 Å². The van der Waals surface area contributed by atoms with E-state index in [9.17, 15) is 0 Å². The summed E-state index contributed by atoms with van der Waals surface area (Å²) in [6.07, 6.45) is 8.77. The molecule has 17 heavy (non-hydrogen) atoms. The van der Waals surface area contributed by atoms with Crippen LogP contribution in [0.3, 0.4) is 0 Å². The fourth-order valence-corrected chi connectivity index (χ4v) is 2.42. The van der Waals surface area contributed by atoms with Crippen LogP contribution in [0.25, 0.3) is 0 Å². The summed E-state index contributed by atoms with van der Waals surface area (Å²) in [5.41, 5.74) is 4.24. The number of benzene rings is 1. The van der Waals surface area contributed by atoms with Crippen molar-refractivity contribution < 1.29 is 0 Å². The number of aryl methyl sites for hydroxylation is 2. The molecule has 1 aliphatic rings. The van der Waals surface area contributed by atoms with Gasteiger partial charge in [-0.3, -0.25) is 0 Å². The number of H-pyrrole nitrogens is 1. The van der Waals surface area contributed by atoms with Crippen molar-refractivity contribution in [3.8, 4) is 0 Å². The van der Waals surface area contributed by atoms with Crippen LogP contribution in [0, 0.1) is 0 Å². The van der Waals surface area contributed by atoms with Crippen LogP contribution >= 0.6 is 0 Å². The number of nitrogens with one attached hydrogen (secondary N) is 2. The van der Waals surface area contributed by atoms with Crippen LogP contribution in [0.15, 0.2) is 30.6 Å². The predicted molar refractivity (Wildman–Crippen MR) is 69.0 cm³/mol. The zero-order chi connectivity index (χ0) is 11.5. The normalized spacial score (nSPS) is 14.4. The summed E-state index contributed by atoms with van der Waals surface area (Å²) in [6.45, 7) is 0.756. The summed E-state index contributed by atoms with van der Waals surface area (Å²) in [4.78, 5) is 7.30. The Bertz CT molecular complexity index is 488. The van der Waals surface area contributed by atoms with Crippen LogP contribution in [0.1, 0.15) is 29.8 Å². The smallest absolute Gasteiger partial charge is 0.125 e. The van der Waals surface area contributed by atoms with Crippen molar-refractivity contribution in [3.05, 3.63) is 47.5 Å². The number of aromatic amines is 1. The number of hydrogen-bond acceptors (Lipinski definition) is 2. The molecule has 0 atom stereocenters. The number of nitrogens with zero attached hydrogens (tertiary/aromatic N) is 1. The first kappa shape index (κ1) is 10.4. The van der Waals surface area contributed by atoms with Crippen LogP contribution in [0.5, 0.6) is 0 Å². The summed E-state index contributed by atoms with van der Waals surface area (Å²) >= 11 is 0. The van der Waals surface area contributed by atoms with Crippen LogP contribution < -0.4 is 5.32 Å². The molecule has 2 N–H and O–H groups in total. The molecule has 0 spiro atoms. The number of anilines is 1. The van der Waals surface area contributed by atoms with E-state index in [-0.39, 0.29) is 0 Å². The first-order valence-electron chi connectivity index (χ1n) is 6.26. The highest BCUT2D eigenvalue weighted by molar-refractivity contribution is 5.49. The highest BCUT2D eigenvalue weighted by Gasteiger charge is 2.09. The third-order valence-electron chi connectivity index (χ3n) is 3.36. The molecule has 1 aromatic heterocycles. The van der Waals surface area contributed by atoms with Gasteiger partial charge in [-0.1, -0.05) is 6.07 Å². The fraction of sp³-hybridized carbons (Fsp3) is 0.357. The summed E-state index contributed by atoms with van der Waals surface area (Å²) < 4.78 is 0. The molecular weight excluding hydrogens is 210 g/mol. The Hall–Kier alpha value is -1.77. The number of rotatable bonds is 3. The van der Waals surface area contributed by atoms with Gasteiger partial charge < -0.3 is 10.3 Å². The van der Waals surface area contributed by atoms with E-state index in [1.54, 1.807) is 6.20 Å². The van der Waals surface area contributed by atoms with Crippen molar-refractivity contribution in [1.82, 2.24) is 9.97 Å². The second-order valence-electron chi connectivity index (χ2n) is 4.58. The molecule has 0 radical (unpaired) electrons. The third-order valence-corrected chi connectivity index (χ3v) is 3.36. The molecule has 88 valence electrons. The molecule has 1 heterocycles. The van der Waals surface area contributed by atoms with Crippen LogP contribution in [0.2, 0.25) is 0 Å². The molecule has 2 aromatic rings. The number of imidazole rings is 1. The highest BCUT2D eigenvalue weighted by atomic mass is 15.0. The lowest BCUT2D eigenvalue weighted by Gasteiger charge is -2.16. The average Bonchev–Trinajstić information content (AvgIpc) is 2.89. The molecule has 1 aliphatic carbocycles. The lowest BCUT2D eigenvalue weighted by Crippen LogP contribution is -2.05. The van der Waals surface area contributed by atoms with E-state index >= 15 is 0 Å². The fourth-order valence-electron chi connectivity index (χ4n) is 2.42.